The van der Waals surface area contributed by atoms with E-state index in [1.54, 1.807) is 0 Å². The Balaban J connectivity index is 2.19. The first-order valence-electron chi connectivity index (χ1n) is 7.01. The standard InChI is InChI=1S/C15H24N2OSi/c1-12-7-8-15(18-19(2,3)4)14(10-12)17-11-13-6-5-9-16-13/h7-8,10-11,13,16H,5-6,9H2,1-4H3. The van der Waals surface area contributed by atoms with Crippen LogP contribution in [0.1, 0.15) is 18.4 Å². The van der Waals surface area contributed by atoms with Gasteiger partial charge in [0, 0.05) is 12.3 Å². The van der Waals surface area contributed by atoms with Gasteiger partial charge in [0.25, 0.3) is 0 Å². The quantitative estimate of drug-likeness (QED) is 0.672. The number of benzene rings is 1. The van der Waals surface area contributed by atoms with Crippen LogP contribution in [0.15, 0.2) is 23.2 Å². The van der Waals surface area contributed by atoms with Crippen molar-refractivity contribution in [2.24, 2.45) is 4.99 Å². The Morgan fingerprint density at radius 2 is 2.16 bits per heavy atom. The van der Waals surface area contributed by atoms with E-state index in [4.69, 9.17) is 4.43 Å². The molecule has 1 N–H and O–H groups in total. The highest BCUT2D eigenvalue weighted by molar-refractivity contribution is 6.70. The molecule has 1 aromatic rings. The van der Waals surface area contributed by atoms with Gasteiger partial charge in [-0.2, -0.15) is 0 Å². The molecule has 3 nitrogen and oxygen atoms in total. The predicted octanol–water partition coefficient (Wildman–Crippen LogP) is 3.66. The SMILES string of the molecule is Cc1ccc(O[Si](C)(C)C)c(N=CC2CCCN2)c1. The van der Waals surface area contributed by atoms with Crippen molar-refractivity contribution >= 4 is 20.2 Å². The molecule has 0 saturated carbocycles. The fourth-order valence-electron chi connectivity index (χ4n) is 2.15. The van der Waals surface area contributed by atoms with E-state index < -0.39 is 8.32 Å². The lowest BCUT2D eigenvalue weighted by Crippen LogP contribution is -2.29. The highest BCUT2D eigenvalue weighted by Crippen LogP contribution is 2.30. The van der Waals surface area contributed by atoms with Crippen LogP contribution >= 0.6 is 0 Å². The van der Waals surface area contributed by atoms with Crippen molar-refractivity contribution in [1.29, 1.82) is 0 Å². The van der Waals surface area contributed by atoms with Crippen LogP contribution < -0.4 is 9.74 Å². The number of hydrogen-bond acceptors (Lipinski definition) is 3. The van der Waals surface area contributed by atoms with Crippen LogP contribution in [0.2, 0.25) is 19.6 Å². The molecule has 0 amide bonds. The summed E-state index contributed by atoms with van der Waals surface area (Å²) in [7, 11) is -1.60. The lowest BCUT2D eigenvalue weighted by Gasteiger charge is -2.20. The second-order valence-electron chi connectivity index (χ2n) is 6.17. The van der Waals surface area contributed by atoms with E-state index in [0.717, 1.165) is 18.0 Å². The zero-order valence-corrected chi connectivity index (χ0v) is 13.4. The van der Waals surface area contributed by atoms with Gasteiger partial charge in [-0.3, -0.25) is 4.99 Å². The molecule has 1 heterocycles. The summed E-state index contributed by atoms with van der Waals surface area (Å²) in [5.74, 6) is 0.916. The summed E-state index contributed by atoms with van der Waals surface area (Å²) in [6.07, 6.45) is 4.45. The van der Waals surface area contributed by atoms with Crippen LogP contribution in [-0.2, 0) is 0 Å². The normalized spacial score (nSPS) is 20.1. The maximum Gasteiger partial charge on any atom is 0.242 e. The first-order valence-corrected chi connectivity index (χ1v) is 10.4. The van der Waals surface area contributed by atoms with Gasteiger partial charge < -0.3 is 9.74 Å². The fraction of sp³-hybridized carbons (Fsp3) is 0.533. The van der Waals surface area contributed by atoms with Crippen LogP contribution in [0.25, 0.3) is 0 Å². The maximum absolute atomic E-state index is 6.11. The van der Waals surface area contributed by atoms with E-state index in [0.29, 0.717) is 6.04 Å². The monoisotopic (exact) mass is 276 g/mol. The van der Waals surface area contributed by atoms with Gasteiger partial charge in [0.2, 0.25) is 8.32 Å². The van der Waals surface area contributed by atoms with Gasteiger partial charge in [-0.15, -0.1) is 0 Å². The Hall–Kier alpha value is -1.13. The first-order chi connectivity index (χ1) is 8.94. The molecule has 1 aliphatic heterocycles. The van der Waals surface area contributed by atoms with Crippen LogP contribution in [-0.4, -0.2) is 27.1 Å². The number of rotatable bonds is 4. The summed E-state index contributed by atoms with van der Waals surface area (Å²) in [4.78, 5) is 4.64. The van der Waals surface area contributed by atoms with E-state index in [9.17, 15) is 0 Å². The Morgan fingerprint density at radius 3 is 2.79 bits per heavy atom. The molecule has 0 spiro atoms. The van der Waals surface area contributed by atoms with Gasteiger partial charge in [-0.1, -0.05) is 6.07 Å². The van der Waals surface area contributed by atoms with Crippen molar-refractivity contribution in [2.45, 2.75) is 45.4 Å². The van der Waals surface area contributed by atoms with Gasteiger partial charge in [-0.05, 0) is 63.6 Å². The van der Waals surface area contributed by atoms with E-state index in [-0.39, 0.29) is 0 Å². The molecule has 4 heteroatoms. The molecule has 0 bridgehead atoms. The van der Waals surface area contributed by atoms with Crippen molar-refractivity contribution in [3.05, 3.63) is 23.8 Å². The van der Waals surface area contributed by atoms with Crippen molar-refractivity contribution < 1.29 is 4.43 Å². The lowest BCUT2D eigenvalue weighted by molar-refractivity contribution is 0.559. The fourth-order valence-corrected chi connectivity index (χ4v) is 2.99. The van der Waals surface area contributed by atoms with Crippen LogP contribution in [0, 0.1) is 6.92 Å². The molecule has 19 heavy (non-hydrogen) atoms. The molecule has 1 unspecified atom stereocenters. The maximum atomic E-state index is 6.11. The molecule has 104 valence electrons. The molecule has 1 saturated heterocycles. The molecule has 0 radical (unpaired) electrons. The second kappa shape index (κ2) is 5.88. The zero-order chi connectivity index (χ0) is 13.9. The third-order valence-corrected chi connectivity index (χ3v) is 3.85. The molecular weight excluding hydrogens is 252 g/mol. The number of nitrogens with zero attached hydrogens (tertiary/aromatic N) is 1. The summed E-state index contributed by atoms with van der Waals surface area (Å²) in [6.45, 7) is 9.77. The Kier molecular flexibility index (Phi) is 4.42. The number of aliphatic imine (C=N–C) groups is 1. The van der Waals surface area contributed by atoms with E-state index in [1.165, 1.54) is 18.4 Å². The van der Waals surface area contributed by atoms with Crippen molar-refractivity contribution in [2.75, 3.05) is 6.54 Å². The average Bonchev–Trinajstić information content (AvgIpc) is 2.81. The molecule has 1 aliphatic rings. The summed E-state index contributed by atoms with van der Waals surface area (Å²) in [5, 5.41) is 3.43. The van der Waals surface area contributed by atoms with Gasteiger partial charge in [-0.25, -0.2) is 0 Å². The Bertz CT molecular complexity index is 460. The van der Waals surface area contributed by atoms with Crippen molar-refractivity contribution in [3.8, 4) is 5.75 Å². The van der Waals surface area contributed by atoms with Crippen LogP contribution in [0.4, 0.5) is 5.69 Å². The highest BCUT2D eigenvalue weighted by atomic mass is 28.4. The summed E-state index contributed by atoms with van der Waals surface area (Å²) >= 11 is 0. The van der Waals surface area contributed by atoms with Crippen LogP contribution in [0.3, 0.4) is 0 Å². The smallest absolute Gasteiger partial charge is 0.242 e. The minimum absolute atomic E-state index is 0.417. The van der Waals surface area contributed by atoms with E-state index in [1.807, 2.05) is 12.3 Å². The molecule has 0 aromatic heterocycles. The van der Waals surface area contributed by atoms with Gasteiger partial charge in [0.05, 0.1) is 0 Å². The van der Waals surface area contributed by atoms with Crippen molar-refractivity contribution in [3.63, 3.8) is 0 Å². The third-order valence-electron chi connectivity index (χ3n) is 3.02. The van der Waals surface area contributed by atoms with Crippen LogP contribution in [0.5, 0.6) is 5.75 Å². The molecule has 1 atom stereocenters. The molecule has 1 aromatic carbocycles. The van der Waals surface area contributed by atoms with E-state index in [2.05, 4.69) is 49.0 Å². The minimum atomic E-state index is -1.60. The number of aryl methyl sites for hydroxylation is 1. The predicted molar refractivity (Wildman–Crippen MR) is 84.3 cm³/mol. The van der Waals surface area contributed by atoms with Gasteiger partial charge in [0.15, 0.2) is 0 Å². The largest absolute Gasteiger partial charge is 0.543 e. The molecule has 0 aliphatic carbocycles. The third kappa shape index (κ3) is 4.47. The van der Waals surface area contributed by atoms with Crippen molar-refractivity contribution in [1.82, 2.24) is 5.32 Å². The highest BCUT2D eigenvalue weighted by Gasteiger charge is 2.18. The van der Waals surface area contributed by atoms with E-state index >= 15 is 0 Å². The summed E-state index contributed by atoms with van der Waals surface area (Å²) in [5.41, 5.74) is 2.17. The Labute approximate surface area is 117 Å². The summed E-state index contributed by atoms with van der Waals surface area (Å²) in [6, 6.07) is 6.64. The molecular formula is C15H24N2OSi. The van der Waals surface area contributed by atoms with Gasteiger partial charge in [0.1, 0.15) is 11.4 Å². The average molecular weight is 276 g/mol. The number of hydrogen-bond donors (Lipinski definition) is 1. The summed E-state index contributed by atoms with van der Waals surface area (Å²) < 4.78 is 6.11. The first kappa shape index (κ1) is 14.3. The van der Waals surface area contributed by atoms with Gasteiger partial charge >= 0.3 is 0 Å². The topological polar surface area (TPSA) is 33.6 Å². The molecule has 1 fully saturated rings. The zero-order valence-electron chi connectivity index (χ0n) is 12.4. The second-order valence-corrected chi connectivity index (χ2v) is 10.6. The number of nitrogens with one attached hydrogen (secondary N) is 1. The Morgan fingerprint density at radius 1 is 1.37 bits per heavy atom. The molecule has 2 rings (SSSR count). The lowest BCUT2D eigenvalue weighted by atomic mass is 10.2. The minimum Gasteiger partial charge on any atom is -0.543 e.